The van der Waals surface area contributed by atoms with Gasteiger partial charge in [0.2, 0.25) is 0 Å². The first-order chi connectivity index (χ1) is 8.95. The summed E-state index contributed by atoms with van der Waals surface area (Å²) < 4.78 is 13.6. The van der Waals surface area contributed by atoms with E-state index in [1.807, 2.05) is 6.92 Å². The summed E-state index contributed by atoms with van der Waals surface area (Å²) in [6.45, 7) is 10.6. The normalized spacial score (nSPS) is 24.0. The quantitative estimate of drug-likeness (QED) is 0.900. The van der Waals surface area contributed by atoms with Gasteiger partial charge in [-0.1, -0.05) is 13.8 Å². The van der Waals surface area contributed by atoms with Gasteiger partial charge in [-0.15, -0.1) is 0 Å². The summed E-state index contributed by atoms with van der Waals surface area (Å²) in [5.74, 6) is 0.545. The lowest BCUT2D eigenvalue weighted by Crippen LogP contribution is -2.56. The van der Waals surface area contributed by atoms with Gasteiger partial charge < -0.3 is 10.2 Å². The fourth-order valence-corrected chi connectivity index (χ4v) is 2.90. The van der Waals surface area contributed by atoms with E-state index in [9.17, 15) is 4.39 Å². The zero-order chi connectivity index (χ0) is 14.0. The van der Waals surface area contributed by atoms with Crippen LogP contribution in [0.1, 0.15) is 32.8 Å². The SMILES string of the molecule is Cc1cc(F)cc(N2CC(CC(C)C)NCC2C)c1. The third-order valence-corrected chi connectivity index (χ3v) is 3.77. The molecular formula is C16H25FN2. The molecule has 0 spiro atoms. The van der Waals surface area contributed by atoms with Crippen LogP contribution in [0.25, 0.3) is 0 Å². The van der Waals surface area contributed by atoms with Crippen LogP contribution in [0.2, 0.25) is 0 Å². The average molecular weight is 264 g/mol. The molecule has 0 amide bonds. The van der Waals surface area contributed by atoms with Crippen LogP contribution in [0.15, 0.2) is 18.2 Å². The van der Waals surface area contributed by atoms with Gasteiger partial charge in [-0.2, -0.15) is 0 Å². The monoisotopic (exact) mass is 264 g/mol. The minimum atomic E-state index is -0.138. The molecule has 1 aromatic rings. The van der Waals surface area contributed by atoms with Crippen molar-refractivity contribution in [3.05, 3.63) is 29.6 Å². The van der Waals surface area contributed by atoms with Crippen molar-refractivity contribution in [3.8, 4) is 0 Å². The summed E-state index contributed by atoms with van der Waals surface area (Å²) in [5.41, 5.74) is 2.00. The van der Waals surface area contributed by atoms with Crippen LogP contribution in [0.3, 0.4) is 0 Å². The van der Waals surface area contributed by atoms with E-state index >= 15 is 0 Å². The smallest absolute Gasteiger partial charge is 0.125 e. The molecule has 3 heteroatoms. The average Bonchev–Trinajstić information content (AvgIpc) is 2.29. The van der Waals surface area contributed by atoms with Crippen molar-refractivity contribution in [3.63, 3.8) is 0 Å². The van der Waals surface area contributed by atoms with E-state index in [2.05, 4.69) is 37.1 Å². The van der Waals surface area contributed by atoms with Gasteiger partial charge in [0.05, 0.1) is 0 Å². The van der Waals surface area contributed by atoms with Crippen LogP contribution in [-0.2, 0) is 0 Å². The first-order valence-corrected chi connectivity index (χ1v) is 7.23. The zero-order valence-corrected chi connectivity index (χ0v) is 12.4. The lowest BCUT2D eigenvalue weighted by atomic mass is 9.99. The molecule has 1 saturated heterocycles. The highest BCUT2D eigenvalue weighted by molar-refractivity contribution is 5.50. The Bertz CT molecular complexity index is 411. The molecule has 0 aliphatic carbocycles. The first-order valence-electron chi connectivity index (χ1n) is 7.23. The lowest BCUT2D eigenvalue weighted by Gasteiger charge is -2.41. The molecule has 1 aliphatic heterocycles. The van der Waals surface area contributed by atoms with E-state index in [1.54, 1.807) is 12.1 Å². The molecular weight excluding hydrogens is 239 g/mol. The molecule has 1 aliphatic rings. The van der Waals surface area contributed by atoms with E-state index in [0.29, 0.717) is 18.0 Å². The third-order valence-electron chi connectivity index (χ3n) is 3.77. The van der Waals surface area contributed by atoms with Crippen LogP contribution in [0.5, 0.6) is 0 Å². The van der Waals surface area contributed by atoms with E-state index in [4.69, 9.17) is 0 Å². The van der Waals surface area contributed by atoms with Gasteiger partial charge >= 0.3 is 0 Å². The summed E-state index contributed by atoms with van der Waals surface area (Å²) in [6, 6.07) is 6.23. The largest absolute Gasteiger partial charge is 0.366 e. The van der Waals surface area contributed by atoms with Gasteiger partial charge in [-0.25, -0.2) is 4.39 Å². The first kappa shape index (κ1) is 14.3. The second kappa shape index (κ2) is 5.91. The van der Waals surface area contributed by atoms with Gasteiger partial charge in [-0.3, -0.25) is 0 Å². The van der Waals surface area contributed by atoms with Crippen molar-refractivity contribution in [2.45, 2.75) is 46.2 Å². The van der Waals surface area contributed by atoms with Crippen LogP contribution in [-0.4, -0.2) is 25.2 Å². The predicted octanol–water partition coefficient (Wildman–Crippen LogP) is 3.35. The Morgan fingerprint density at radius 3 is 2.74 bits per heavy atom. The summed E-state index contributed by atoms with van der Waals surface area (Å²) in [4.78, 5) is 2.33. The van der Waals surface area contributed by atoms with Crippen LogP contribution in [0.4, 0.5) is 10.1 Å². The molecule has 1 fully saturated rings. The fraction of sp³-hybridized carbons (Fsp3) is 0.625. The van der Waals surface area contributed by atoms with Gasteiger partial charge in [0.1, 0.15) is 5.82 Å². The van der Waals surface area contributed by atoms with Crippen molar-refractivity contribution in [2.24, 2.45) is 5.92 Å². The van der Waals surface area contributed by atoms with Crippen molar-refractivity contribution in [2.75, 3.05) is 18.0 Å². The van der Waals surface area contributed by atoms with Crippen LogP contribution >= 0.6 is 0 Å². The second-order valence-corrected chi connectivity index (χ2v) is 6.22. The molecule has 0 radical (unpaired) electrons. The number of nitrogens with zero attached hydrogens (tertiary/aromatic N) is 1. The third kappa shape index (κ3) is 3.69. The molecule has 2 unspecified atom stereocenters. The van der Waals surface area contributed by atoms with E-state index in [1.165, 1.54) is 0 Å². The fourth-order valence-electron chi connectivity index (χ4n) is 2.90. The molecule has 19 heavy (non-hydrogen) atoms. The number of rotatable bonds is 3. The van der Waals surface area contributed by atoms with Gasteiger partial charge in [0, 0.05) is 30.9 Å². The number of halogens is 1. The molecule has 0 saturated carbocycles. The Balaban J connectivity index is 2.16. The van der Waals surface area contributed by atoms with Gasteiger partial charge in [0.15, 0.2) is 0 Å². The summed E-state index contributed by atoms with van der Waals surface area (Å²) in [6.07, 6.45) is 1.16. The standard InChI is InChI=1S/C16H25FN2/c1-11(2)5-15-10-19(13(4)9-18-15)16-7-12(3)6-14(17)8-16/h6-8,11,13,15,18H,5,9-10H2,1-4H3. The minimum Gasteiger partial charge on any atom is -0.366 e. The van der Waals surface area contributed by atoms with Crippen LogP contribution in [0, 0.1) is 18.7 Å². The van der Waals surface area contributed by atoms with E-state index < -0.39 is 0 Å². The predicted molar refractivity (Wildman–Crippen MR) is 79.2 cm³/mol. The Morgan fingerprint density at radius 2 is 2.11 bits per heavy atom. The molecule has 2 atom stereocenters. The number of hydrogen-bond donors (Lipinski definition) is 1. The van der Waals surface area contributed by atoms with Crippen LogP contribution < -0.4 is 10.2 Å². The van der Waals surface area contributed by atoms with Crippen molar-refractivity contribution < 1.29 is 4.39 Å². The molecule has 2 nitrogen and oxygen atoms in total. The highest BCUT2D eigenvalue weighted by atomic mass is 19.1. The minimum absolute atomic E-state index is 0.138. The number of hydrogen-bond acceptors (Lipinski definition) is 2. The Morgan fingerprint density at radius 1 is 1.37 bits per heavy atom. The number of piperazine rings is 1. The van der Waals surface area contributed by atoms with Crippen molar-refractivity contribution >= 4 is 5.69 Å². The van der Waals surface area contributed by atoms with Gasteiger partial charge in [0.25, 0.3) is 0 Å². The zero-order valence-electron chi connectivity index (χ0n) is 12.4. The molecule has 2 rings (SSSR count). The molecule has 1 N–H and O–H groups in total. The number of nitrogens with one attached hydrogen (secondary N) is 1. The number of anilines is 1. The topological polar surface area (TPSA) is 15.3 Å². The Labute approximate surface area is 116 Å². The molecule has 0 bridgehead atoms. The molecule has 1 aromatic carbocycles. The summed E-state index contributed by atoms with van der Waals surface area (Å²) in [5, 5.41) is 3.59. The maximum Gasteiger partial charge on any atom is 0.125 e. The van der Waals surface area contributed by atoms with E-state index in [0.717, 1.165) is 30.8 Å². The Kier molecular flexibility index (Phi) is 4.46. The molecule has 106 valence electrons. The lowest BCUT2D eigenvalue weighted by molar-refractivity contribution is 0.355. The maximum atomic E-state index is 13.6. The van der Waals surface area contributed by atoms with Gasteiger partial charge in [-0.05, 0) is 49.9 Å². The van der Waals surface area contributed by atoms with Crippen molar-refractivity contribution in [1.82, 2.24) is 5.32 Å². The maximum absolute atomic E-state index is 13.6. The molecule has 0 aromatic heterocycles. The highest BCUT2D eigenvalue weighted by Gasteiger charge is 2.25. The number of aryl methyl sites for hydroxylation is 1. The van der Waals surface area contributed by atoms with E-state index in [-0.39, 0.29) is 5.82 Å². The number of benzene rings is 1. The summed E-state index contributed by atoms with van der Waals surface area (Å²) >= 11 is 0. The Hall–Kier alpha value is -1.09. The second-order valence-electron chi connectivity index (χ2n) is 6.22. The summed E-state index contributed by atoms with van der Waals surface area (Å²) in [7, 11) is 0. The van der Waals surface area contributed by atoms with Crippen molar-refractivity contribution in [1.29, 1.82) is 0 Å². The highest BCUT2D eigenvalue weighted by Crippen LogP contribution is 2.23. The molecule has 1 heterocycles.